The Hall–Kier alpha value is -1.76. The van der Waals surface area contributed by atoms with Gasteiger partial charge in [-0.3, -0.25) is 14.5 Å². The molecule has 23 heavy (non-hydrogen) atoms. The molecule has 0 bridgehead atoms. The quantitative estimate of drug-likeness (QED) is 0.731. The summed E-state index contributed by atoms with van der Waals surface area (Å²) in [5, 5.41) is 4.21. The van der Waals surface area contributed by atoms with Crippen molar-refractivity contribution in [1.82, 2.24) is 4.90 Å². The Morgan fingerprint density at radius 2 is 1.96 bits per heavy atom. The highest BCUT2D eigenvalue weighted by atomic mass is 35.5. The van der Waals surface area contributed by atoms with E-state index in [0.717, 1.165) is 17.3 Å². The molecule has 1 aliphatic rings. The van der Waals surface area contributed by atoms with Crippen LogP contribution < -0.4 is 4.74 Å². The molecule has 0 N–H and O–H groups in total. The number of nitrogens with zero attached hydrogens (tertiary/aromatic N) is 1. The molecule has 0 spiro atoms. The summed E-state index contributed by atoms with van der Waals surface area (Å²) >= 11 is 8.30. The van der Waals surface area contributed by atoms with Crippen LogP contribution in [0, 0.1) is 0 Å². The zero-order valence-corrected chi connectivity index (χ0v) is 14.3. The predicted molar refractivity (Wildman–Crippen MR) is 93.9 cm³/mol. The maximum Gasteiger partial charge on any atom is 0.293 e. The van der Waals surface area contributed by atoms with Crippen LogP contribution in [0.15, 0.2) is 46.0 Å². The monoisotopic (exact) mass is 365 g/mol. The van der Waals surface area contributed by atoms with Crippen molar-refractivity contribution in [3.05, 3.63) is 56.6 Å². The second-order valence-corrected chi connectivity index (χ2v) is 6.90. The van der Waals surface area contributed by atoms with Crippen LogP contribution >= 0.6 is 34.7 Å². The summed E-state index contributed by atoms with van der Waals surface area (Å²) in [7, 11) is 0. The fraction of sp³-hybridized carbons (Fsp3) is 0.125. The van der Waals surface area contributed by atoms with Crippen LogP contribution in [0.5, 0.6) is 5.75 Å². The molecule has 2 amide bonds. The zero-order valence-electron chi connectivity index (χ0n) is 11.9. The normalized spacial score (nSPS) is 16.4. The fourth-order valence-corrected chi connectivity index (χ4v) is 3.60. The van der Waals surface area contributed by atoms with Crippen molar-refractivity contribution >= 4 is 51.9 Å². The highest BCUT2D eigenvalue weighted by molar-refractivity contribution is 8.18. The Morgan fingerprint density at radius 1 is 1.17 bits per heavy atom. The van der Waals surface area contributed by atoms with E-state index < -0.39 is 0 Å². The van der Waals surface area contributed by atoms with E-state index in [2.05, 4.69) is 0 Å². The van der Waals surface area contributed by atoms with Crippen LogP contribution in [0.2, 0.25) is 5.02 Å². The number of amides is 2. The van der Waals surface area contributed by atoms with Gasteiger partial charge in [0.2, 0.25) is 0 Å². The van der Waals surface area contributed by atoms with E-state index in [9.17, 15) is 9.59 Å². The molecule has 2 aromatic rings. The summed E-state index contributed by atoms with van der Waals surface area (Å²) in [5.74, 6) is 0.376. The Bertz CT molecular complexity index is 741. The maximum absolute atomic E-state index is 12.3. The lowest BCUT2D eigenvalue weighted by atomic mass is 10.3. The minimum atomic E-state index is -0.272. The number of carbonyl (C=O) groups excluding carboxylic acids is 2. The first-order valence-corrected chi connectivity index (χ1v) is 8.93. The van der Waals surface area contributed by atoms with Crippen molar-refractivity contribution in [2.24, 2.45) is 0 Å². The number of benzene rings is 1. The average Bonchev–Trinajstić information content (AvgIpc) is 3.13. The molecule has 2 heterocycles. The van der Waals surface area contributed by atoms with Gasteiger partial charge in [0.1, 0.15) is 12.4 Å². The summed E-state index contributed by atoms with van der Waals surface area (Å²) in [6.45, 7) is 0.458. The van der Waals surface area contributed by atoms with Crippen molar-refractivity contribution in [3.63, 3.8) is 0 Å². The van der Waals surface area contributed by atoms with Crippen molar-refractivity contribution in [3.8, 4) is 5.75 Å². The van der Waals surface area contributed by atoms with Crippen LogP contribution in [-0.4, -0.2) is 29.2 Å². The van der Waals surface area contributed by atoms with Gasteiger partial charge in [0, 0.05) is 5.02 Å². The highest BCUT2D eigenvalue weighted by Gasteiger charge is 2.34. The number of thioether (sulfide) groups is 1. The van der Waals surface area contributed by atoms with E-state index >= 15 is 0 Å². The molecule has 1 fully saturated rings. The molecule has 118 valence electrons. The summed E-state index contributed by atoms with van der Waals surface area (Å²) in [6.07, 6.45) is 1.74. The van der Waals surface area contributed by atoms with Crippen LogP contribution in [0.1, 0.15) is 5.56 Å². The number of ether oxygens (including phenoxy) is 1. The predicted octanol–water partition coefficient (Wildman–Crippen LogP) is 4.52. The van der Waals surface area contributed by atoms with Crippen LogP contribution in [0.25, 0.3) is 6.08 Å². The summed E-state index contributed by atoms with van der Waals surface area (Å²) < 4.78 is 5.53. The smallest absolute Gasteiger partial charge is 0.293 e. The number of hydrogen-bond acceptors (Lipinski definition) is 5. The van der Waals surface area contributed by atoms with Gasteiger partial charge in [0.05, 0.1) is 11.4 Å². The van der Waals surface area contributed by atoms with Gasteiger partial charge in [-0.2, -0.15) is 11.3 Å². The second kappa shape index (κ2) is 7.21. The van der Waals surface area contributed by atoms with E-state index in [1.165, 1.54) is 4.90 Å². The third-order valence-corrected chi connectivity index (χ3v) is 4.97. The zero-order chi connectivity index (χ0) is 16.2. The minimum Gasteiger partial charge on any atom is -0.492 e. The third-order valence-electron chi connectivity index (χ3n) is 3.11. The third kappa shape index (κ3) is 3.96. The Balaban J connectivity index is 1.59. The van der Waals surface area contributed by atoms with E-state index in [1.807, 2.05) is 16.8 Å². The maximum atomic E-state index is 12.3. The van der Waals surface area contributed by atoms with Gasteiger partial charge in [-0.25, -0.2) is 0 Å². The number of hydrogen-bond donors (Lipinski definition) is 0. The van der Waals surface area contributed by atoms with Crippen LogP contribution in [-0.2, 0) is 4.79 Å². The van der Waals surface area contributed by atoms with Gasteiger partial charge in [-0.15, -0.1) is 0 Å². The lowest BCUT2D eigenvalue weighted by Crippen LogP contribution is -2.32. The number of rotatable bonds is 5. The molecular weight excluding hydrogens is 354 g/mol. The van der Waals surface area contributed by atoms with Gasteiger partial charge in [0.15, 0.2) is 0 Å². The topological polar surface area (TPSA) is 46.6 Å². The molecule has 0 unspecified atom stereocenters. The second-order valence-electron chi connectivity index (χ2n) is 4.69. The largest absolute Gasteiger partial charge is 0.492 e. The van der Waals surface area contributed by atoms with Gasteiger partial charge >= 0.3 is 0 Å². The molecule has 4 nitrogen and oxygen atoms in total. The van der Waals surface area contributed by atoms with Crippen molar-refractivity contribution in [2.45, 2.75) is 0 Å². The van der Waals surface area contributed by atoms with Crippen LogP contribution in [0.4, 0.5) is 4.79 Å². The van der Waals surface area contributed by atoms with Gasteiger partial charge in [0.25, 0.3) is 11.1 Å². The summed E-state index contributed by atoms with van der Waals surface area (Å²) in [6, 6.07) is 8.84. The standard InChI is InChI=1S/C16H12ClNO3S2/c17-12-1-3-13(4-2-12)21-7-6-18-15(19)14(23-16(18)20)9-11-5-8-22-10-11/h1-5,8-10H,6-7H2/b14-9-. The SMILES string of the molecule is O=C1S/C(=C\c2ccsc2)C(=O)N1CCOc1ccc(Cl)cc1. The highest BCUT2D eigenvalue weighted by Crippen LogP contribution is 2.32. The number of carbonyl (C=O) groups is 2. The number of thiophene rings is 1. The van der Waals surface area contributed by atoms with Crippen molar-refractivity contribution < 1.29 is 14.3 Å². The minimum absolute atomic E-state index is 0.217. The van der Waals surface area contributed by atoms with Crippen molar-refractivity contribution in [1.29, 1.82) is 0 Å². The molecular formula is C16H12ClNO3S2. The average molecular weight is 366 g/mol. The first kappa shape index (κ1) is 16.1. The van der Waals surface area contributed by atoms with Gasteiger partial charge in [-0.05, 0) is 64.5 Å². The Morgan fingerprint density at radius 3 is 2.65 bits per heavy atom. The molecule has 0 radical (unpaired) electrons. The van der Waals surface area contributed by atoms with E-state index in [4.69, 9.17) is 16.3 Å². The van der Waals surface area contributed by atoms with Crippen molar-refractivity contribution in [2.75, 3.05) is 13.2 Å². The first-order valence-electron chi connectivity index (χ1n) is 6.79. The molecule has 0 saturated carbocycles. The van der Waals surface area contributed by atoms with E-state index in [-0.39, 0.29) is 24.3 Å². The molecule has 7 heteroatoms. The van der Waals surface area contributed by atoms with Gasteiger partial charge in [-0.1, -0.05) is 11.6 Å². The lowest BCUT2D eigenvalue weighted by molar-refractivity contribution is -0.123. The van der Waals surface area contributed by atoms with Gasteiger partial charge < -0.3 is 4.74 Å². The Kier molecular flexibility index (Phi) is 5.05. The Labute approximate surface area is 146 Å². The summed E-state index contributed by atoms with van der Waals surface area (Å²) in [5.41, 5.74) is 0.929. The van der Waals surface area contributed by atoms with E-state index in [1.54, 1.807) is 41.7 Å². The number of halogens is 1. The van der Waals surface area contributed by atoms with E-state index in [0.29, 0.717) is 15.7 Å². The molecule has 1 aromatic carbocycles. The molecule has 3 rings (SSSR count). The lowest BCUT2D eigenvalue weighted by Gasteiger charge is -2.13. The van der Waals surface area contributed by atoms with Crippen LogP contribution in [0.3, 0.4) is 0 Å². The fourth-order valence-electron chi connectivity index (χ4n) is 1.99. The molecule has 1 saturated heterocycles. The molecule has 0 atom stereocenters. The molecule has 1 aliphatic heterocycles. The number of imide groups is 1. The molecule has 1 aromatic heterocycles. The summed E-state index contributed by atoms with van der Waals surface area (Å²) in [4.78, 5) is 25.9. The molecule has 0 aliphatic carbocycles. The first-order chi connectivity index (χ1) is 11.1.